The van der Waals surface area contributed by atoms with Gasteiger partial charge in [-0.1, -0.05) is 0 Å². The molecule has 0 bridgehead atoms. The topological polar surface area (TPSA) is 54.4 Å². The Morgan fingerprint density at radius 3 is 2.30 bits per heavy atom. The van der Waals surface area contributed by atoms with Gasteiger partial charge >= 0.3 is 0 Å². The van der Waals surface area contributed by atoms with Crippen molar-refractivity contribution in [2.75, 3.05) is 12.4 Å². The van der Waals surface area contributed by atoms with Crippen LogP contribution in [0.4, 0.5) is 0 Å². The first-order chi connectivity index (χ1) is 4.68. The average Bonchev–Trinajstić information content (AvgIpc) is 2.64. The lowest BCUT2D eigenvalue weighted by Crippen LogP contribution is -2.08. The fourth-order valence-corrected chi connectivity index (χ4v) is 1.65. The molecule has 1 saturated carbocycles. The third-order valence-electron chi connectivity index (χ3n) is 2.12. The number of aliphatic hydroxyl groups is 1. The maximum Gasteiger partial charge on any atom is 0.140 e. The van der Waals surface area contributed by atoms with Crippen molar-refractivity contribution in [1.82, 2.24) is 0 Å². The van der Waals surface area contributed by atoms with Crippen molar-refractivity contribution in [3.05, 3.63) is 0 Å². The van der Waals surface area contributed by atoms with E-state index in [1.54, 1.807) is 0 Å². The zero-order valence-electron chi connectivity index (χ0n) is 5.75. The Morgan fingerprint density at radius 1 is 1.40 bits per heavy atom. The van der Waals surface area contributed by atoms with Crippen LogP contribution in [-0.2, 0) is 10.7 Å². The predicted octanol–water partition coefficient (Wildman–Crippen LogP) is -0.240. The van der Waals surface area contributed by atoms with Crippen LogP contribution in [-0.4, -0.2) is 25.9 Å². The molecule has 3 nitrogen and oxygen atoms in total. The molecule has 0 unspecified atom stereocenters. The Balaban J connectivity index is 2.25. The highest BCUT2D eigenvalue weighted by Gasteiger charge is 2.41. The summed E-state index contributed by atoms with van der Waals surface area (Å²) in [5, 5.41) is 8.77. The van der Waals surface area contributed by atoms with Crippen LogP contribution >= 0.6 is 0 Å². The van der Waals surface area contributed by atoms with Gasteiger partial charge in [-0.05, 0) is 24.7 Å². The maximum atomic E-state index is 10.1. The summed E-state index contributed by atoms with van der Waals surface area (Å²) in [5.41, 5.74) is -0.00456. The van der Waals surface area contributed by atoms with E-state index in [0.717, 1.165) is 12.8 Å². The van der Waals surface area contributed by atoms with E-state index < -0.39 is 10.7 Å². The Hall–Kier alpha value is -0.0900. The molecule has 0 aliphatic heterocycles. The molecule has 1 aliphatic carbocycles. The van der Waals surface area contributed by atoms with Gasteiger partial charge in [0.2, 0.25) is 0 Å². The molecule has 1 fully saturated rings. The van der Waals surface area contributed by atoms with Crippen LogP contribution in [0.25, 0.3) is 0 Å². The molecule has 4 heteroatoms. The van der Waals surface area contributed by atoms with E-state index in [9.17, 15) is 8.42 Å². The van der Waals surface area contributed by atoms with E-state index >= 15 is 0 Å². The van der Waals surface area contributed by atoms with Crippen LogP contribution in [0.3, 0.4) is 0 Å². The monoisotopic (exact) mass is 164 g/mol. The lowest BCUT2D eigenvalue weighted by Gasteiger charge is -2.06. The van der Waals surface area contributed by atoms with Crippen molar-refractivity contribution in [3.63, 3.8) is 0 Å². The van der Waals surface area contributed by atoms with Gasteiger partial charge in [-0.3, -0.25) is 0 Å². The second-order valence-electron chi connectivity index (χ2n) is 2.96. The van der Waals surface area contributed by atoms with E-state index in [2.05, 4.69) is 0 Å². The van der Waals surface area contributed by atoms with Crippen molar-refractivity contribution in [3.8, 4) is 0 Å². The first-order valence-corrected chi connectivity index (χ1v) is 4.77. The lowest BCUT2D eigenvalue weighted by molar-refractivity contribution is 0.208. The average molecular weight is 164 g/mol. The van der Waals surface area contributed by atoms with Crippen molar-refractivity contribution < 1.29 is 13.5 Å². The van der Waals surface area contributed by atoms with Gasteiger partial charge in [0.15, 0.2) is 0 Å². The number of hydrogen-bond donors (Lipinski definition) is 2. The third-order valence-corrected chi connectivity index (χ3v) is 2.71. The summed E-state index contributed by atoms with van der Waals surface area (Å²) in [4.78, 5) is 0. The summed E-state index contributed by atoms with van der Waals surface area (Å²) in [7, 11) is -2.24. The number of hydrogen-bond acceptors (Lipinski definition) is 3. The van der Waals surface area contributed by atoms with Gasteiger partial charge in [0, 0.05) is 12.4 Å². The van der Waals surface area contributed by atoms with E-state index in [-0.39, 0.29) is 17.8 Å². The molecular formula is C6H12O3S. The Kier molecular flexibility index (Phi) is 2.31. The summed E-state index contributed by atoms with van der Waals surface area (Å²) < 4.78 is 20.3. The predicted molar refractivity (Wildman–Crippen MR) is 38.6 cm³/mol. The van der Waals surface area contributed by atoms with Crippen LogP contribution in [0.2, 0.25) is 0 Å². The first-order valence-electron chi connectivity index (χ1n) is 3.41. The summed E-state index contributed by atoms with van der Waals surface area (Å²) in [5.74, 6) is 0.232. The minimum Gasteiger partial charge on any atom is -0.396 e. The van der Waals surface area contributed by atoms with Gasteiger partial charge < -0.3 is 5.11 Å². The van der Waals surface area contributed by atoms with Gasteiger partial charge in [0.1, 0.15) is 10.7 Å². The molecule has 1 N–H and O–H groups in total. The Labute approximate surface area is 62.0 Å². The minimum atomic E-state index is -2.24. The van der Waals surface area contributed by atoms with Crippen LogP contribution in [0.15, 0.2) is 0 Å². The molecule has 10 heavy (non-hydrogen) atoms. The molecule has 0 heterocycles. The molecule has 0 spiro atoms. The van der Waals surface area contributed by atoms with E-state index in [1.807, 2.05) is 0 Å². The zero-order valence-corrected chi connectivity index (χ0v) is 6.64. The molecular weight excluding hydrogens is 152 g/mol. The van der Waals surface area contributed by atoms with Crippen molar-refractivity contribution in [2.45, 2.75) is 19.3 Å². The maximum absolute atomic E-state index is 10.1. The molecule has 1 aliphatic rings. The Bertz CT molecular complexity index is 173. The van der Waals surface area contributed by atoms with Crippen LogP contribution < -0.4 is 0 Å². The van der Waals surface area contributed by atoms with Gasteiger partial charge in [-0.15, -0.1) is 0 Å². The van der Waals surface area contributed by atoms with Crippen molar-refractivity contribution in [1.29, 1.82) is 0 Å². The van der Waals surface area contributed by atoms with Gasteiger partial charge in [0.05, 0.1) is 0 Å². The van der Waals surface area contributed by atoms with E-state index in [4.69, 9.17) is 5.11 Å². The minimum absolute atomic E-state index is 0.00456. The van der Waals surface area contributed by atoms with Crippen LogP contribution in [0, 0.1) is 5.41 Å². The van der Waals surface area contributed by atoms with E-state index in [0.29, 0.717) is 6.42 Å². The summed E-state index contributed by atoms with van der Waals surface area (Å²) in [6.07, 6.45) is 2.63. The zero-order chi connectivity index (χ0) is 7.61. The third kappa shape index (κ3) is 1.95. The molecule has 0 aromatic rings. The second kappa shape index (κ2) is 2.88. The highest BCUT2D eigenvalue weighted by molar-refractivity contribution is 7.72. The second-order valence-corrected chi connectivity index (χ2v) is 4.08. The smallest absolute Gasteiger partial charge is 0.140 e. The number of rotatable bonds is 4. The fourth-order valence-electron chi connectivity index (χ4n) is 0.992. The highest BCUT2D eigenvalue weighted by atomic mass is 32.2. The summed E-state index contributed by atoms with van der Waals surface area (Å²) >= 11 is 0. The fraction of sp³-hybridized carbons (Fsp3) is 1.00. The van der Waals surface area contributed by atoms with Crippen molar-refractivity contribution in [2.24, 2.45) is 5.41 Å². The molecule has 0 radical (unpaired) electrons. The summed E-state index contributed by atoms with van der Waals surface area (Å²) in [6, 6.07) is 0. The number of thiol groups is 1. The molecule has 60 valence electrons. The van der Waals surface area contributed by atoms with E-state index in [1.165, 1.54) is 0 Å². The molecule has 0 amide bonds. The highest BCUT2D eigenvalue weighted by Crippen LogP contribution is 2.47. The normalized spacial score (nSPS) is 21.4. The van der Waals surface area contributed by atoms with Gasteiger partial charge in [0.25, 0.3) is 0 Å². The summed E-state index contributed by atoms with van der Waals surface area (Å²) in [6.45, 7) is 0.149. The van der Waals surface area contributed by atoms with Crippen LogP contribution in [0.5, 0.6) is 0 Å². The molecule has 0 saturated heterocycles. The van der Waals surface area contributed by atoms with Gasteiger partial charge in [-0.25, -0.2) is 8.42 Å². The Morgan fingerprint density at radius 2 is 2.00 bits per heavy atom. The van der Waals surface area contributed by atoms with Crippen molar-refractivity contribution >= 4 is 10.7 Å². The first kappa shape index (κ1) is 8.01. The SMILES string of the molecule is O=[SH](=O)CCC1(CO)CC1. The van der Waals surface area contributed by atoms with Crippen LogP contribution in [0.1, 0.15) is 19.3 Å². The molecule has 1 rings (SSSR count). The standard InChI is InChI=1S/C6H12O3S/c7-5-6(1-2-6)3-4-10(8)9/h7,10H,1-5H2. The molecule has 0 aromatic carbocycles. The lowest BCUT2D eigenvalue weighted by atomic mass is 10.1. The molecule has 0 atom stereocenters. The largest absolute Gasteiger partial charge is 0.396 e. The van der Waals surface area contributed by atoms with Gasteiger partial charge in [-0.2, -0.15) is 0 Å². The molecule has 0 aromatic heterocycles. The quantitative estimate of drug-likeness (QED) is 0.564. The number of aliphatic hydroxyl groups excluding tert-OH is 1.